The molecule has 2 fully saturated rings. The Bertz CT molecular complexity index is 512. The second kappa shape index (κ2) is 5.79. The van der Waals surface area contributed by atoms with E-state index < -0.39 is 0 Å². The third-order valence-corrected chi connectivity index (χ3v) is 4.36. The van der Waals surface area contributed by atoms with Gasteiger partial charge in [0.2, 0.25) is 0 Å². The minimum atomic E-state index is -0.249. The Labute approximate surface area is 125 Å². The van der Waals surface area contributed by atoms with Crippen LogP contribution in [0.3, 0.4) is 0 Å². The third-order valence-electron chi connectivity index (χ3n) is 4.36. The largest absolute Gasteiger partial charge is 0.393 e. The van der Waals surface area contributed by atoms with Gasteiger partial charge in [-0.3, -0.25) is 9.48 Å². The average Bonchev–Trinajstić information content (AvgIpc) is 3.20. The second-order valence-electron chi connectivity index (χ2n) is 6.82. The minimum absolute atomic E-state index is 0.0961. The number of hydrogen-bond donors (Lipinski definition) is 1. The molecule has 0 radical (unpaired) electrons. The van der Waals surface area contributed by atoms with Crippen molar-refractivity contribution in [3.63, 3.8) is 0 Å². The predicted octanol–water partition coefficient (Wildman–Crippen LogP) is 2.01. The molecule has 2 aliphatic rings. The molecule has 21 heavy (non-hydrogen) atoms. The zero-order chi connectivity index (χ0) is 15.0. The fourth-order valence-corrected chi connectivity index (χ4v) is 3.08. The van der Waals surface area contributed by atoms with Gasteiger partial charge in [-0.1, -0.05) is 13.8 Å². The number of carbonyl (C=O) groups excluding carboxylic acids is 1. The van der Waals surface area contributed by atoms with Gasteiger partial charge in [-0.25, -0.2) is 0 Å². The number of nitrogens with zero attached hydrogens (tertiary/aromatic N) is 3. The Hall–Kier alpha value is -1.36. The Morgan fingerprint density at radius 1 is 1.33 bits per heavy atom. The Kier molecular flexibility index (Phi) is 4.02. The highest BCUT2D eigenvalue weighted by Crippen LogP contribution is 2.42. The van der Waals surface area contributed by atoms with Gasteiger partial charge in [0.1, 0.15) is 0 Å². The van der Waals surface area contributed by atoms with Crippen molar-refractivity contribution in [3.05, 3.63) is 17.5 Å². The van der Waals surface area contributed by atoms with E-state index in [1.165, 1.54) is 12.8 Å². The van der Waals surface area contributed by atoms with Gasteiger partial charge in [0.15, 0.2) is 0 Å². The van der Waals surface area contributed by atoms with Crippen LogP contribution in [0.5, 0.6) is 0 Å². The number of aliphatic hydroxyl groups is 1. The average molecular weight is 291 g/mol. The van der Waals surface area contributed by atoms with E-state index in [1.54, 1.807) is 6.20 Å². The van der Waals surface area contributed by atoms with E-state index in [-0.39, 0.29) is 12.0 Å². The summed E-state index contributed by atoms with van der Waals surface area (Å²) < 4.78 is 2.04. The van der Waals surface area contributed by atoms with Gasteiger partial charge >= 0.3 is 0 Å². The maximum Gasteiger partial charge on any atom is 0.257 e. The molecule has 1 aromatic heterocycles. The SMILES string of the molecule is CC(C)Cn1ncc(C(=O)N2CCC(O)CC2)c1C1CC1. The first kappa shape index (κ1) is 14.6. The van der Waals surface area contributed by atoms with Crippen LogP contribution in [0.15, 0.2) is 6.20 Å². The molecule has 1 saturated heterocycles. The smallest absolute Gasteiger partial charge is 0.257 e. The van der Waals surface area contributed by atoms with Gasteiger partial charge in [-0.2, -0.15) is 5.10 Å². The van der Waals surface area contributed by atoms with E-state index in [2.05, 4.69) is 18.9 Å². The number of carbonyl (C=O) groups is 1. The number of aromatic nitrogens is 2. The summed E-state index contributed by atoms with van der Waals surface area (Å²) in [5.74, 6) is 1.13. The molecule has 1 aromatic rings. The number of amides is 1. The molecule has 3 rings (SSSR count). The van der Waals surface area contributed by atoms with Crippen LogP contribution in [0.2, 0.25) is 0 Å². The fraction of sp³-hybridized carbons (Fsp3) is 0.750. The topological polar surface area (TPSA) is 58.4 Å². The molecule has 5 nitrogen and oxygen atoms in total. The van der Waals surface area contributed by atoms with Gasteiger partial charge in [0.25, 0.3) is 5.91 Å². The van der Waals surface area contributed by atoms with Gasteiger partial charge < -0.3 is 10.0 Å². The lowest BCUT2D eigenvalue weighted by Gasteiger charge is -2.29. The van der Waals surface area contributed by atoms with Crippen LogP contribution in [0, 0.1) is 5.92 Å². The summed E-state index contributed by atoms with van der Waals surface area (Å²) >= 11 is 0. The minimum Gasteiger partial charge on any atom is -0.393 e. The highest BCUT2D eigenvalue weighted by atomic mass is 16.3. The normalized spacial score (nSPS) is 20.3. The van der Waals surface area contributed by atoms with Crippen LogP contribution >= 0.6 is 0 Å². The molecule has 2 heterocycles. The Balaban J connectivity index is 1.81. The highest BCUT2D eigenvalue weighted by molar-refractivity contribution is 5.95. The molecule has 0 bridgehead atoms. The van der Waals surface area contributed by atoms with Crippen molar-refractivity contribution in [2.75, 3.05) is 13.1 Å². The molecule has 0 unspecified atom stereocenters. The predicted molar refractivity (Wildman–Crippen MR) is 80.2 cm³/mol. The van der Waals surface area contributed by atoms with Gasteiger partial charge in [0.05, 0.1) is 23.6 Å². The lowest BCUT2D eigenvalue weighted by Crippen LogP contribution is -2.40. The van der Waals surface area contributed by atoms with Crippen molar-refractivity contribution in [3.8, 4) is 0 Å². The summed E-state index contributed by atoms with van der Waals surface area (Å²) in [4.78, 5) is 14.6. The van der Waals surface area contributed by atoms with Crippen molar-refractivity contribution in [1.29, 1.82) is 0 Å². The van der Waals surface area contributed by atoms with Crippen LogP contribution in [0.1, 0.15) is 61.5 Å². The quantitative estimate of drug-likeness (QED) is 0.923. The first-order chi connectivity index (χ1) is 10.1. The summed E-state index contributed by atoms with van der Waals surface area (Å²) in [6.45, 7) is 6.52. The first-order valence-electron chi connectivity index (χ1n) is 8.09. The molecular formula is C16H25N3O2. The third kappa shape index (κ3) is 3.12. The standard InChI is InChI=1S/C16H25N3O2/c1-11(2)10-19-15(12-3-4-12)14(9-17-19)16(21)18-7-5-13(20)6-8-18/h9,11-13,20H,3-8,10H2,1-2H3. The van der Waals surface area contributed by atoms with E-state index in [0.717, 1.165) is 17.8 Å². The van der Waals surface area contributed by atoms with E-state index in [4.69, 9.17) is 0 Å². The van der Waals surface area contributed by atoms with Crippen LogP contribution in [0.25, 0.3) is 0 Å². The molecule has 0 aromatic carbocycles. The lowest BCUT2D eigenvalue weighted by molar-refractivity contribution is 0.0545. The van der Waals surface area contributed by atoms with Crippen molar-refractivity contribution < 1.29 is 9.90 Å². The second-order valence-corrected chi connectivity index (χ2v) is 6.82. The number of aliphatic hydroxyl groups excluding tert-OH is 1. The molecule has 0 atom stereocenters. The van der Waals surface area contributed by atoms with E-state index in [9.17, 15) is 9.90 Å². The maximum atomic E-state index is 12.7. The van der Waals surface area contributed by atoms with Crippen LogP contribution < -0.4 is 0 Å². The van der Waals surface area contributed by atoms with E-state index >= 15 is 0 Å². The van der Waals surface area contributed by atoms with Gasteiger partial charge in [0, 0.05) is 25.6 Å². The first-order valence-corrected chi connectivity index (χ1v) is 8.09. The molecule has 1 aliphatic heterocycles. The van der Waals surface area contributed by atoms with Crippen molar-refractivity contribution in [1.82, 2.24) is 14.7 Å². The maximum absolute atomic E-state index is 12.7. The van der Waals surface area contributed by atoms with Crippen molar-refractivity contribution in [2.24, 2.45) is 5.92 Å². The van der Waals surface area contributed by atoms with E-state index in [0.29, 0.717) is 37.8 Å². The lowest BCUT2D eigenvalue weighted by atomic mass is 10.1. The number of piperidine rings is 1. The number of hydrogen-bond acceptors (Lipinski definition) is 3. The Morgan fingerprint density at radius 2 is 2.00 bits per heavy atom. The summed E-state index contributed by atoms with van der Waals surface area (Å²) in [6.07, 6.45) is 5.21. The van der Waals surface area contributed by atoms with Crippen molar-refractivity contribution >= 4 is 5.91 Å². The summed E-state index contributed by atoms with van der Waals surface area (Å²) in [5, 5.41) is 14.0. The number of likely N-dealkylation sites (tertiary alicyclic amines) is 1. The molecule has 1 amide bonds. The fourth-order valence-electron chi connectivity index (χ4n) is 3.08. The van der Waals surface area contributed by atoms with Gasteiger partial charge in [-0.05, 0) is 31.6 Å². The summed E-state index contributed by atoms with van der Waals surface area (Å²) in [5.41, 5.74) is 1.93. The summed E-state index contributed by atoms with van der Waals surface area (Å²) in [6, 6.07) is 0. The number of rotatable bonds is 4. The van der Waals surface area contributed by atoms with Crippen molar-refractivity contribution in [2.45, 2.75) is 58.1 Å². The zero-order valence-corrected chi connectivity index (χ0v) is 13.0. The van der Waals surface area contributed by atoms with Crippen LogP contribution in [0.4, 0.5) is 0 Å². The summed E-state index contributed by atoms with van der Waals surface area (Å²) in [7, 11) is 0. The Morgan fingerprint density at radius 3 is 2.57 bits per heavy atom. The van der Waals surface area contributed by atoms with E-state index in [1.807, 2.05) is 9.58 Å². The molecule has 0 spiro atoms. The molecule has 5 heteroatoms. The molecular weight excluding hydrogens is 266 g/mol. The molecule has 1 aliphatic carbocycles. The highest BCUT2D eigenvalue weighted by Gasteiger charge is 2.34. The monoisotopic (exact) mass is 291 g/mol. The molecule has 1 N–H and O–H groups in total. The molecule has 1 saturated carbocycles. The zero-order valence-electron chi connectivity index (χ0n) is 13.0. The van der Waals surface area contributed by atoms with Gasteiger partial charge in [-0.15, -0.1) is 0 Å². The van der Waals surface area contributed by atoms with Crippen LogP contribution in [-0.2, 0) is 6.54 Å². The van der Waals surface area contributed by atoms with Crippen LogP contribution in [-0.4, -0.2) is 44.9 Å². The molecule has 116 valence electrons.